The van der Waals surface area contributed by atoms with Gasteiger partial charge in [0.15, 0.2) is 5.96 Å². The number of carbonyl (C=O) groups excluding carboxylic acids is 1. The summed E-state index contributed by atoms with van der Waals surface area (Å²) in [6.07, 6.45) is 2.48. The lowest BCUT2D eigenvalue weighted by molar-refractivity contribution is 0.0827. The van der Waals surface area contributed by atoms with Crippen molar-refractivity contribution in [2.24, 2.45) is 4.99 Å². The molecule has 23 heavy (non-hydrogen) atoms. The van der Waals surface area contributed by atoms with Crippen molar-refractivity contribution in [1.82, 2.24) is 15.1 Å². The van der Waals surface area contributed by atoms with Gasteiger partial charge in [-0.15, -0.1) is 24.0 Å². The van der Waals surface area contributed by atoms with E-state index in [4.69, 9.17) is 4.99 Å². The van der Waals surface area contributed by atoms with Gasteiger partial charge in [-0.2, -0.15) is 0 Å². The molecule has 0 atom stereocenters. The Bertz CT molecular complexity index is 522. The fraction of sp³-hybridized carbons (Fsp3) is 0.529. The Morgan fingerprint density at radius 3 is 2.35 bits per heavy atom. The van der Waals surface area contributed by atoms with Crippen molar-refractivity contribution < 1.29 is 4.79 Å². The van der Waals surface area contributed by atoms with Crippen molar-refractivity contribution in [1.29, 1.82) is 0 Å². The standard InChI is InChI=1S/C17H26N4O.HI/c1-4-18-17(21-11-5-6-12-21)19-13-14-7-9-15(10-8-14)16(22)20(2)3;/h7-10H,4-6,11-13H2,1-3H3,(H,18,19);1H. The molecule has 1 aliphatic rings. The highest BCUT2D eigenvalue weighted by Gasteiger charge is 2.15. The van der Waals surface area contributed by atoms with Gasteiger partial charge in [0.25, 0.3) is 5.91 Å². The van der Waals surface area contributed by atoms with Gasteiger partial charge in [0.2, 0.25) is 0 Å². The van der Waals surface area contributed by atoms with Crippen molar-refractivity contribution in [2.45, 2.75) is 26.3 Å². The van der Waals surface area contributed by atoms with Gasteiger partial charge in [-0.05, 0) is 37.5 Å². The molecular formula is C17H27IN4O. The van der Waals surface area contributed by atoms with Crippen molar-refractivity contribution in [3.8, 4) is 0 Å². The molecule has 0 saturated carbocycles. The quantitative estimate of drug-likeness (QED) is 0.454. The summed E-state index contributed by atoms with van der Waals surface area (Å²) < 4.78 is 0. The normalized spacial score (nSPS) is 14.4. The van der Waals surface area contributed by atoms with Crippen LogP contribution in [0.3, 0.4) is 0 Å². The summed E-state index contributed by atoms with van der Waals surface area (Å²) >= 11 is 0. The highest BCUT2D eigenvalue weighted by molar-refractivity contribution is 14.0. The summed E-state index contributed by atoms with van der Waals surface area (Å²) in [5, 5.41) is 3.35. The highest BCUT2D eigenvalue weighted by atomic mass is 127. The molecule has 1 fully saturated rings. The van der Waals surface area contributed by atoms with E-state index in [1.807, 2.05) is 24.3 Å². The fourth-order valence-electron chi connectivity index (χ4n) is 2.53. The van der Waals surface area contributed by atoms with E-state index in [9.17, 15) is 4.79 Å². The minimum absolute atomic E-state index is 0. The van der Waals surface area contributed by atoms with E-state index < -0.39 is 0 Å². The number of nitrogens with zero attached hydrogens (tertiary/aromatic N) is 3. The summed E-state index contributed by atoms with van der Waals surface area (Å²) in [4.78, 5) is 20.5. The number of hydrogen-bond acceptors (Lipinski definition) is 2. The van der Waals surface area contributed by atoms with E-state index in [-0.39, 0.29) is 29.9 Å². The molecule has 0 radical (unpaired) electrons. The van der Waals surface area contributed by atoms with E-state index in [1.165, 1.54) is 12.8 Å². The number of nitrogens with one attached hydrogen (secondary N) is 1. The number of likely N-dealkylation sites (tertiary alicyclic amines) is 1. The molecule has 0 spiro atoms. The van der Waals surface area contributed by atoms with Crippen LogP contribution in [0.25, 0.3) is 0 Å². The van der Waals surface area contributed by atoms with Crippen LogP contribution in [0.2, 0.25) is 0 Å². The zero-order valence-corrected chi connectivity index (χ0v) is 16.5. The Morgan fingerprint density at radius 1 is 1.22 bits per heavy atom. The lowest BCUT2D eigenvalue weighted by atomic mass is 10.1. The zero-order chi connectivity index (χ0) is 15.9. The molecule has 6 heteroatoms. The van der Waals surface area contributed by atoms with Crippen molar-refractivity contribution in [3.63, 3.8) is 0 Å². The maximum atomic E-state index is 11.9. The minimum atomic E-state index is 0. The van der Waals surface area contributed by atoms with Crippen LogP contribution in [-0.2, 0) is 6.54 Å². The SMILES string of the molecule is CCNC(=NCc1ccc(C(=O)N(C)C)cc1)N1CCCC1.I. The topological polar surface area (TPSA) is 47.9 Å². The predicted octanol–water partition coefficient (Wildman–Crippen LogP) is 2.57. The van der Waals surface area contributed by atoms with Crippen LogP contribution in [0.15, 0.2) is 29.3 Å². The molecule has 1 saturated heterocycles. The first-order valence-corrected chi connectivity index (χ1v) is 7.95. The molecule has 0 bridgehead atoms. The van der Waals surface area contributed by atoms with Crippen LogP contribution in [0.5, 0.6) is 0 Å². The van der Waals surface area contributed by atoms with Gasteiger partial charge in [0, 0.05) is 39.3 Å². The van der Waals surface area contributed by atoms with Gasteiger partial charge >= 0.3 is 0 Å². The average molecular weight is 430 g/mol. The van der Waals surface area contributed by atoms with E-state index in [0.717, 1.165) is 31.2 Å². The maximum Gasteiger partial charge on any atom is 0.253 e. The summed E-state index contributed by atoms with van der Waals surface area (Å²) in [6.45, 7) is 5.78. The van der Waals surface area contributed by atoms with Crippen LogP contribution < -0.4 is 5.32 Å². The van der Waals surface area contributed by atoms with Gasteiger partial charge in [-0.25, -0.2) is 4.99 Å². The summed E-state index contributed by atoms with van der Waals surface area (Å²) in [5.74, 6) is 1.02. The molecule has 0 unspecified atom stereocenters. The summed E-state index contributed by atoms with van der Waals surface area (Å²) in [6, 6.07) is 7.70. The van der Waals surface area contributed by atoms with Gasteiger partial charge in [-0.1, -0.05) is 12.1 Å². The molecule has 1 aliphatic heterocycles. The second kappa shape index (κ2) is 9.75. The molecule has 1 aromatic carbocycles. The average Bonchev–Trinajstić information content (AvgIpc) is 3.05. The van der Waals surface area contributed by atoms with Crippen molar-refractivity contribution in [3.05, 3.63) is 35.4 Å². The molecular weight excluding hydrogens is 403 g/mol. The molecule has 128 valence electrons. The zero-order valence-electron chi connectivity index (χ0n) is 14.2. The highest BCUT2D eigenvalue weighted by Crippen LogP contribution is 2.10. The third kappa shape index (κ3) is 5.67. The third-order valence-corrected chi connectivity index (χ3v) is 3.76. The third-order valence-electron chi connectivity index (χ3n) is 3.76. The van der Waals surface area contributed by atoms with Crippen LogP contribution >= 0.6 is 24.0 Å². The van der Waals surface area contributed by atoms with E-state index in [0.29, 0.717) is 12.1 Å². The van der Waals surface area contributed by atoms with Crippen LogP contribution in [0.4, 0.5) is 0 Å². The predicted molar refractivity (Wildman–Crippen MR) is 105 cm³/mol. The number of aliphatic imine (C=N–C) groups is 1. The summed E-state index contributed by atoms with van der Waals surface area (Å²) in [7, 11) is 3.53. The summed E-state index contributed by atoms with van der Waals surface area (Å²) in [5.41, 5.74) is 1.83. The van der Waals surface area contributed by atoms with Crippen molar-refractivity contribution in [2.75, 3.05) is 33.7 Å². The Kier molecular flexibility index (Phi) is 8.36. The lowest BCUT2D eigenvalue weighted by Gasteiger charge is -2.20. The fourth-order valence-corrected chi connectivity index (χ4v) is 2.53. The van der Waals surface area contributed by atoms with Crippen LogP contribution in [-0.4, -0.2) is 55.4 Å². The number of guanidine groups is 1. The number of hydrogen-bond donors (Lipinski definition) is 1. The van der Waals surface area contributed by atoms with Crippen LogP contribution in [0, 0.1) is 0 Å². The van der Waals surface area contributed by atoms with E-state index in [1.54, 1.807) is 19.0 Å². The number of rotatable bonds is 4. The Labute approximate surface area is 156 Å². The maximum absolute atomic E-state index is 11.9. The van der Waals surface area contributed by atoms with Gasteiger partial charge in [0.05, 0.1) is 6.54 Å². The molecule has 2 rings (SSSR count). The molecule has 0 aromatic heterocycles. The van der Waals surface area contributed by atoms with Gasteiger partial charge in [-0.3, -0.25) is 4.79 Å². The smallest absolute Gasteiger partial charge is 0.253 e. The Balaban J connectivity index is 0.00000264. The first-order valence-electron chi connectivity index (χ1n) is 7.95. The molecule has 1 heterocycles. The lowest BCUT2D eigenvalue weighted by Crippen LogP contribution is -2.39. The van der Waals surface area contributed by atoms with Crippen LogP contribution in [0.1, 0.15) is 35.7 Å². The second-order valence-corrected chi connectivity index (χ2v) is 5.76. The first kappa shape index (κ1) is 19.7. The molecule has 1 amide bonds. The van der Waals surface area contributed by atoms with E-state index in [2.05, 4.69) is 17.1 Å². The first-order chi connectivity index (χ1) is 10.6. The second-order valence-electron chi connectivity index (χ2n) is 5.76. The van der Waals surface area contributed by atoms with Gasteiger partial charge in [0.1, 0.15) is 0 Å². The van der Waals surface area contributed by atoms with Crippen molar-refractivity contribution >= 4 is 35.8 Å². The largest absolute Gasteiger partial charge is 0.357 e. The molecule has 1 aromatic rings. The number of halogens is 1. The Hall–Kier alpha value is -1.31. The molecule has 0 aliphatic carbocycles. The number of amides is 1. The number of carbonyl (C=O) groups is 1. The monoisotopic (exact) mass is 430 g/mol. The number of benzene rings is 1. The van der Waals surface area contributed by atoms with E-state index >= 15 is 0 Å². The Morgan fingerprint density at radius 2 is 1.83 bits per heavy atom. The van der Waals surface area contributed by atoms with Gasteiger partial charge < -0.3 is 15.1 Å². The molecule has 5 nitrogen and oxygen atoms in total. The minimum Gasteiger partial charge on any atom is -0.357 e. The molecule has 1 N–H and O–H groups in total.